The van der Waals surface area contributed by atoms with Crippen molar-refractivity contribution in [3.63, 3.8) is 0 Å². The molecule has 1 aromatic carbocycles. The summed E-state index contributed by atoms with van der Waals surface area (Å²) < 4.78 is 31.8. The second-order valence-corrected chi connectivity index (χ2v) is 7.40. The van der Waals surface area contributed by atoms with Crippen molar-refractivity contribution in [1.82, 2.24) is 10.0 Å². The monoisotopic (exact) mass is 312 g/mol. The van der Waals surface area contributed by atoms with Crippen molar-refractivity contribution < 1.29 is 13.2 Å². The van der Waals surface area contributed by atoms with Crippen molar-refractivity contribution in [2.24, 2.45) is 5.92 Å². The van der Waals surface area contributed by atoms with Crippen molar-refractivity contribution in [2.45, 2.75) is 25.8 Å². The molecule has 2 rings (SSSR count). The van der Waals surface area contributed by atoms with E-state index in [0.717, 1.165) is 43.7 Å². The zero-order valence-corrected chi connectivity index (χ0v) is 13.3. The predicted molar refractivity (Wildman–Crippen MR) is 83.8 cm³/mol. The van der Waals surface area contributed by atoms with Gasteiger partial charge in [-0.05, 0) is 56.0 Å². The fourth-order valence-corrected chi connectivity index (χ4v) is 3.68. The van der Waals surface area contributed by atoms with Crippen LogP contribution in [0.5, 0.6) is 5.75 Å². The molecule has 0 saturated carbocycles. The van der Waals surface area contributed by atoms with Crippen LogP contribution in [-0.2, 0) is 16.6 Å². The lowest BCUT2D eigenvalue weighted by atomic mass is 9.96. The summed E-state index contributed by atoms with van der Waals surface area (Å²) in [6.07, 6.45) is 2.90. The molecule has 21 heavy (non-hydrogen) atoms. The van der Waals surface area contributed by atoms with E-state index in [-0.39, 0.29) is 5.75 Å². The lowest BCUT2D eigenvalue weighted by Crippen LogP contribution is -2.31. The van der Waals surface area contributed by atoms with E-state index in [1.165, 1.54) is 0 Å². The smallest absolute Gasteiger partial charge is 0.211 e. The fraction of sp³-hybridized carbons (Fsp3) is 0.600. The molecule has 0 atom stereocenters. The highest BCUT2D eigenvalue weighted by Gasteiger charge is 2.17. The molecule has 0 radical (unpaired) electrons. The summed E-state index contributed by atoms with van der Waals surface area (Å²) in [5.41, 5.74) is 0.932. The Balaban J connectivity index is 1.77. The highest BCUT2D eigenvalue weighted by atomic mass is 32.2. The molecule has 1 fully saturated rings. The van der Waals surface area contributed by atoms with E-state index in [1.807, 2.05) is 24.3 Å². The topological polar surface area (TPSA) is 67.4 Å². The Morgan fingerprint density at radius 1 is 1.24 bits per heavy atom. The SMILES string of the molecule is COc1ccc(CNS(=O)(=O)CCC2CCNCC2)cc1. The zero-order chi connectivity index (χ0) is 15.1. The molecule has 0 bridgehead atoms. The van der Waals surface area contributed by atoms with E-state index in [4.69, 9.17) is 4.74 Å². The Morgan fingerprint density at radius 2 is 1.90 bits per heavy atom. The van der Waals surface area contributed by atoms with Crippen molar-refractivity contribution in [3.05, 3.63) is 29.8 Å². The Labute approximate surface area is 127 Å². The molecule has 5 nitrogen and oxygen atoms in total. The first kappa shape index (κ1) is 16.3. The normalized spacial score (nSPS) is 16.8. The molecule has 6 heteroatoms. The van der Waals surface area contributed by atoms with Crippen molar-refractivity contribution in [1.29, 1.82) is 0 Å². The number of rotatable bonds is 7. The highest BCUT2D eigenvalue weighted by molar-refractivity contribution is 7.89. The number of sulfonamides is 1. The maximum Gasteiger partial charge on any atom is 0.211 e. The molecule has 1 aliphatic rings. The van der Waals surface area contributed by atoms with Gasteiger partial charge in [0.25, 0.3) is 0 Å². The van der Waals surface area contributed by atoms with Gasteiger partial charge >= 0.3 is 0 Å². The molecule has 0 amide bonds. The van der Waals surface area contributed by atoms with Crippen molar-refractivity contribution in [3.8, 4) is 5.75 Å². The Morgan fingerprint density at radius 3 is 2.52 bits per heavy atom. The number of methoxy groups -OCH3 is 1. The minimum atomic E-state index is -3.20. The Kier molecular flexibility index (Phi) is 6.02. The molecule has 1 aromatic rings. The number of hydrogen-bond acceptors (Lipinski definition) is 4. The summed E-state index contributed by atoms with van der Waals surface area (Å²) >= 11 is 0. The van der Waals surface area contributed by atoms with Gasteiger partial charge < -0.3 is 10.1 Å². The third-order valence-electron chi connectivity index (χ3n) is 3.91. The van der Waals surface area contributed by atoms with Crippen LogP contribution in [0.4, 0.5) is 0 Å². The fourth-order valence-electron chi connectivity index (χ4n) is 2.50. The van der Waals surface area contributed by atoms with E-state index in [1.54, 1.807) is 7.11 Å². The average molecular weight is 312 g/mol. The second-order valence-electron chi connectivity index (χ2n) is 5.47. The van der Waals surface area contributed by atoms with Crippen LogP contribution in [-0.4, -0.2) is 34.4 Å². The maximum atomic E-state index is 12.0. The lowest BCUT2D eigenvalue weighted by Gasteiger charge is -2.22. The summed E-state index contributed by atoms with van der Waals surface area (Å²) in [7, 11) is -1.59. The van der Waals surface area contributed by atoms with Gasteiger partial charge in [0, 0.05) is 6.54 Å². The highest BCUT2D eigenvalue weighted by Crippen LogP contribution is 2.16. The summed E-state index contributed by atoms with van der Waals surface area (Å²) in [4.78, 5) is 0. The molecular formula is C15H24N2O3S. The standard InChI is InChI=1S/C15H24N2O3S/c1-20-15-4-2-14(3-5-15)12-17-21(18,19)11-8-13-6-9-16-10-7-13/h2-5,13,16-17H,6-12H2,1H3. The van der Waals surface area contributed by atoms with Gasteiger partial charge in [0.1, 0.15) is 5.75 Å². The lowest BCUT2D eigenvalue weighted by molar-refractivity contribution is 0.365. The summed E-state index contributed by atoms with van der Waals surface area (Å²) in [5, 5.41) is 3.29. The molecule has 0 aromatic heterocycles. The van der Waals surface area contributed by atoms with Crippen LogP contribution in [0, 0.1) is 5.92 Å². The van der Waals surface area contributed by atoms with Gasteiger partial charge in [-0.2, -0.15) is 0 Å². The minimum absolute atomic E-state index is 0.216. The third-order valence-corrected chi connectivity index (χ3v) is 5.27. The van der Waals surface area contributed by atoms with Gasteiger partial charge in [-0.25, -0.2) is 13.1 Å². The largest absolute Gasteiger partial charge is 0.497 e. The molecular weight excluding hydrogens is 288 g/mol. The van der Waals surface area contributed by atoms with E-state index >= 15 is 0 Å². The van der Waals surface area contributed by atoms with Gasteiger partial charge in [-0.3, -0.25) is 0 Å². The number of ether oxygens (including phenoxy) is 1. The van der Waals surface area contributed by atoms with Crippen LogP contribution in [0.15, 0.2) is 24.3 Å². The summed E-state index contributed by atoms with van der Waals surface area (Å²) in [5.74, 6) is 1.52. The van der Waals surface area contributed by atoms with Crippen LogP contribution in [0.3, 0.4) is 0 Å². The van der Waals surface area contributed by atoms with Crippen LogP contribution < -0.4 is 14.8 Å². The molecule has 1 saturated heterocycles. The average Bonchev–Trinajstić information content (AvgIpc) is 2.53. The second kappa shape index (κ2) is 7.77. The Bertz CT molecular complexity index is 522. The molecule has 2 N–H and O–H groups in total. The minimum Gasteiger partial charge on any atom is -0.497 e. The van der Waals surface area contributed by atoms with E-state index in [0.29, 0.717) is 12.5 Å². The van der Waals surface area contributed by atoms with Crippen molar-refractivity contribution >= 4 is 10.0 Å². The maximum absolute atomic E-state index is 12.0. The zero-order valence-electron chi connectivity index (χ0n) is 12.5. The van der Waals surface area contributed by atoms with E-state index in [2.05, 4.69) is 10.0 Å². The molecule has 1 heterocycles. The van der Waals surface area contributed by atoms with E-state index in [9.17, 15) is 8.42 Å². The summed E-state index contributed by atoms with van der Waals surface area (Å²) in [6.45, 7) is 2.34. The van der Waals surface area contributed by atoms with Gasteiger partial charge in [0.2, 0.25) is 10.0 Å². The first-order valence-corrected chi connectivity index (χ1v) is 9.05. The third kappa shape index (κ3) is 5.65. The van der Waals surface area contributed by atoms with E-state index < -0.39 is 10.0 Å². The van der Waals surface area contributed by atoms with Crippen molar-refractivity contribution in [2.75, 3.05) is 26.0 Å². The van der Waals surface area contributed by atoms with Gasteiger partial charge in [0.15, 0.2) is 0 Å². The molecule has 0 unspecified atom stereocenters. The van der Waals surface area contributed by atoms with Crippen LogP contribution in [0.2, 0.25) is 0 Å². The predicted octanol–water partition coefficient (Wildman–Crippen LogP) is 1.50. The molecule has 0 aliphatic carbocycles. The van der Waals surface area contributed by atoms with Gasteiger partial charge in [-0.15, -0.1) is 0 Å². The number of benzene rings is 1. The Hall–Kier alpha value is -1.11. The van der Waals surface area contributed by atoms with Gasteiger partial charge in [-0.1, -0.05) is 12.1 Å². The summed E-state index contributed by atoms with van der Waals surface area (Å²) in [6, 6.07) is 7.40. The number of nitrogens with one attached hydrogen (secondary N) is 2. The van der Waals surface area contributed by atoms with Crippen LogP contribution in [0.25, 0.3) is 0 Å². The van der Waals surface area contributed by atoms with Gasteiger partial charge in [0.05, 0.1) is 12.9 Å². The van der Waals surface area contributed by atoms with Crippen LogP contribution in [0.1, 0.15) is 24.8 Å². The number of hydrogen-bond donors (Lipinski definition) is 2. The number of piperidine rings is 1. The van der Waals surface area contributed by atoms with Crippen LogP contribution >= 0.6 is 0 Å². The molecule has 0 spiro atoms. The molecule has 118 valence electrons. The first-order valence-electron chi connectivity index (χ1n) is 7.40. The quantitative estimate of drug-likeness (QED) is 0.801. The molecule has 1 aliphatic heterocycles. The first-order chi connectivity index (χ1) is 10.1.